The van der Waals surface area contributed by atoms with Crippen LogP contribution in [0.4, 0.5) is 0 Å². The highest BCUT2D eigenvalue weighted by Crippen LogP contribution is 2.26. The maximum Gasteiger partial charge on any atom is 0.328 e. The molecule has 2 aromatic carbocycles. The SMILES string of the molecule is CC(=O)[C@H]1CCCCN1S(=O)(=O)Cc1ccccc1.CCC(C)(C)C(=O)C(=O)N1CCC[C@H]1C(=O)OCCCc1cccnc1.CCCCCc1ccccc1. The third kappa shape index (κ3) is 15.0. The van der Waals surface area contributed by atoms with Gasteiger partial charge in [0.05, 0.1) is 18.4 Å². The third-order valence-corrected chi connectivity index (χ3v) is 12.3. The fraction of sp³-hybridized carbons (Fsp3) is 0.533. The number of amides is 1. The van der Waals surface area contributed by atoms with Gasteiger partial charge in [0.15, 0.2) is 0 Å². The minimum atomic E-state index is -3.42. The van der Waals surface area contributed by atoms with Crippen molar-refractivity contribution in [3.8, 4) is 0 Å². The molecule has 1 aromatic heterocycles. The average molecular weight is 790 g/mol. The predicted octanol–water partition coefficient (Wildman–Crippen LogP) is 7.93. The molecule has 3 heterocycles. The van der Waals surface area contributed by atoms with Gasteiger partial charge in [0, 0.05) is 30.9 Å². The third-order valence-electron chi connectivity index (χ3n) is 10.4. The van der Waals surface area contributed by atoms with E-state index < -0.39 is 45.2 Å². The highest BCUT2D eigenvalue weighted by molar-refractivity contribution is 7.88. The number of Topliss-reactive ketones (excluding diaryl/α,β-unsaturated/α-hetero) is 2. The highest BCUT2D eigenvalue weighted by atomic mass is 32.2. The molecule has 5 rings (SSSR count). The van der Waals surface area contributed by atoms with Crippen LogP contribution in [-0.2, 0) is 52.5 Å². The van der Waals surface area contributed by atoms with E-state index in [1.807, 2.05) is 37.3 Å². The summed E-state index contributed by atoms with van der Waals surface area (Å²) in [7, 11) is -3.42. The zero-order valence-electron chi connectivity index (χ0n) is 34.2. The summed E-state index contributed by atoms with van der Waals surface area (Å²) in [4.78, 5) is 54.4. The van der Waals surface area contributed by atoms with Crippen LogP contribution in [0.1, 0.15) is 116 Å². The average Bonchev–Trinajstić information content (AvgIpc) is 3.71. The second kappa shape index (κ2) is 23.8. The molecule has 0 aliphatic carbocycles. The molecule has 2 fully saturated rings. The molecule has 0 N–H and O–H groups in total. The Hall–Kier alpha value is -4.22. The Morgan fingerprint density at radius 1 is 0.768 bits per heavy atom. The number of aryl methyl sites for hydroxylation is 2. The lowest BCUT2D eigenvalue weighted by molar-refractivity contribution is -0.157. The lowest BCUT2D eigenvalue weighted by Crippen LogP contribution is -2.48. The van der Waals surface area contributed by atoms with Crippen LogP contribution in [0.15, 0.2) is 85.2 Å². The Balaban J connectivity index is 0.000000244. The topological polar surface area (TPSA) is 131 Å². The van der Waals surface area contributed by atoms with Crippen LogP contribution in [0, 0.1) is 5.41 Å². The Labute approximate surface area is 335 Å². The Bertz CT molecular complexity index is 1750. The molecule has 0 spiro atoms. The van der Waals surface area contributed by atoms with Crippen LogP contribution in [0.3, 0.4) is 0 Å². The fourth-order valence-electron chi connectivity index (χ4n) is 6.66. The number of nitrogens with zero attached hydrogens (tertiary/aromatic N) is 3. The maximum absolute atomic E-state index is 12.5. The van der Waals surface area contributed by atoms with E-state index in [1.54, 1.807) is 38.4 Å². The molecule has 0 radical (unpaired) electrons. The molecular formula is C45H63N3O7S. The Morgan fingerprint density at radius 2 is 1.39 bits per heavy atom. The number of likely N-dealkylation sites (tertiary alicyclic amines) is 1. The molecule has 2 atom stereocenters. The molecule has 2 aliphatic rings. The number of benzene rings is 2. The van der Waals surface area contributed by atoms with Crippen LogP contribution in [0.2, 0.25) is 0 Å². The first-order valence-electron chi connectivity index (χ1n) is 20.3. The van der Waals surface area contributed by atoms with Crippen molar-refractivity contribution in [3.05, 3.63) is 102 Å². The van der Waals surface area contributed by atoms with Gasteiger partial charge in [-0.1, -0.05) is 114 Å². The molecule has 1 amide bonds. The lowest BCUT2D eigenvalue weighted by atomic mass is 9.84. The van der Waals surface area contributed by atoms with E-state index in [9.17, 15) is 27.6 Å². The van der Waals surface area contributed by atoms with Gasteiger partial charge in [-0.05, 0) is 87.5 Å². The van der Waals surface area contributed by atoms with Gasteiger partial charge in [0.1, 0.15) is 11.8 Å². The van der Waals surface area contributed by atoms with Crippen LogP contribution >= 0.6 is 0 Å². The maximum atomic E-state index is 12.5. The first-order valence-corrected chi connectivity index (χ1v) is 21.9. The standard InChI is InChI=1S/C20H28N2O4.C14H19NO3S.C11H16/c1-4-20(2,3)17(23)18(24)22-12-6-10-16(22)19(25)26-13-7-9-15-8-5-11-21-14-15;1-12(16)14-9-5-6-10-15(14)19(17,18)11-13-7-3-2-4-8-13;1-2-3-5-8-11-9-6-4-7-10-11/h5,8,11,14,16H,4,6-7,9-10,12-13H2,1-3H3;2-4,7-8,14H,5-6,9-11H2,1H3;4,6-7,9-10H,2-3,5,8H2,1H3/t16-;14-;/m01./s1. The van der Waals surface area contributed by atoms with E-state index in [0.29, 0.717) is 51.8 Å². The van der Waals surface area contributed by atoms with Crippen molar-refractivity contribution >= 4 is 33.5 Å². The number of carbonyl (C=O) groups excluding carboxylic acids is 4. The van der Waals surface area contributed by atoms with Crippen molar-refractivity contribution in [1.29, 1.82) is 0 Å². The minimum absolute atomic E-state index is 0.0301. The van der Waals surface area contributed by atoms with E-state index in [1.165, 1.54) is 47.4 Å². The number of ketones is 2. The largest absolute Gasteiger partial charge is 0.464 e. The van der Waals surface area contributed by atoms with Gasteiger partial charge in [0.25, 0.3) is 5.91 Å². The number of piperidine rings is 1. The molecule has 306 valence electrons. The van der Waals surface area contributed by atoms with E-state index in [4.69, 9.17) is 4.74 Å². The molecule has 0 saturated carbocycles. The van der Waals surface area contributed by atoms with Gasteiger partial charge < -0.3 is 9.64 Å². The van der Waals surface area contributed by atoms with Gasteiger partial charge in [-0.2, -0.15) is 4.31 Å². The Morgan fingerprint density at radius 3 is 2.00 bits per heavy atom. The summed E-state index contributed by atoms with van der Waals surface area (Å²) < 4.78 is 31.6. The van der Waals surface area contributed by atoms with Gasteiger partial charge in [0.2, 0.25) is 15.8 Å². The van der Waals surface area contributed by atoms with Crippen molar-refractivity contribution in [3.63, 3.8) is 0 Å². The monoisotopic (exact) mass is 789 g/mol. The van der Waals surface area contributed by atoms with Crippen LogP contribution in [0.25, 0.3) is 0 Å². The quantitative estimate of drug-likeness (QED) is 0.0813. The fourth-order valence-corrected chi connectivity index (χ4v) is 8.49. The number of hydrogen-bond acceptors (Lipinski definition) is 8. The molecule has 11 heteroatoms. The van der Waals surface area contributed by atoms with Gasteiger partial charge >= 0.3 is 5.97 Å². The predicted molar refractivity (Wildman–Crippen MR) is 221 cm³/mol. The molecule has 0 unspecified atom stereocenters. The van der Waals surface area contributed by atoms with E-state index in [0.717, 1.165) is 30.4 Å². The van der Waals surface area contributed by atoms with Gasteiger partial charge in [-0.25, -0.2) is 13.2 Å². The lowest BCUT2D eigenvalue weighted by Gasteiger charge is -2.33. The second-order valence-electron chi connectivity index (χ2n) is 15.3. The number of rotatable bonds is 16. The number of pyridine rings is 1. The summed E-state index contributed by atoms with van der Waals surface area (Å²) in [5.41, 5.74) is 2.61. The number of carbonyl (C=O) groups is 4. The highest BCUT2D eigenvalue weighted by Gasteiger charge is 2.41. The first kappa shape index (κ1) is 46.2. The van der Waals surface area contributed by atoms with Crippen molar-refractivity contribution in [2.24, 2.45) is 5.41 Å². The molecule has 0 bridgehead atoms. The van der Waals surface area contributed by atoms with Crippen LogP contribution < -0.4 is 0 Å². The molecule has 3 aromatic rings. The summed E-state index contributed by atoms with van der Waals surface area (Å²) in [6, 6.07) is 22.5. The van der Waals surface area contributed by atoms with Gasteiger partial charge in [-0.15, -0.1) is 0 Å². The molecule has 2 saturated heterocycles. The normalized spacial score (nSPS) is 17.1. The number of ether oxygens (including phenoxy) is 1. The number of sulfonamides is 1. The smallest absolute Gasteiger partial charge is 0.328 e. The van der Waals surface area contributed by atoms with Crippen molar-refractivity contribution < 1.29 is 32.3 Å². The van der Waals surface area contributed by atoms with Crippen molar-refractivity contribution in [2.45, 2.75) is 130 Å². The van der Waals surface area contributed by atoms with Crippen LogP contribution in [-0.4, -0.2) is 77.8 Å². The number of unbranched alkanes of at least 4 members (excludes halogenated alkanes) is 2. The zero-order chi connectivity index (χ0) is 41.0. The summed E-state index contributed by atoms with van der Waals surface area (Å²) in [6.45, 7) is 10.3. The summed E-state index contributed by atoms with van der Waals surface area (Å²) >= 11 is 0. The van der Waals surface area contributed by atoms with E-state index in [-0.39, 0.29) is 11.5 Å². The second-order valence-corrected chi connectivity index (χ2v) is 17.2. The number of hydrogen-bond donors (Lipinski definition) is 0. The van der Waals surface area contributed by atoms with Crippen LogP contribution in [0.5, 0.6) is 0 Å². The van der Waals surface area contributed by atoms with E-state index in [2.05, 4.69) is 42.2 Å². The summed E-state index contributed by atoms with van der Waals surface area (Å²) in [5.74, 6) is -1.50. The van der Waals surface area contributed by atoms with Crippen molar-refractivity contribution in [1.82, 2.24) is 14.2 Å². The molecule has 10 nitrogen and oxygen atoms in total. The summed E-state index contributed by atoms with van der Waals surface area (Å²) in [6.07, 6.45) is 14.5. The minimum Gasteiger partial charge on any atom is -0.464 e. The molecule has 2 aliphatic heterocycles. The molecule has 56 heavy (non-hydrogen) atoms. The number of esters is 1. The Kier molecular flexibility index (Phi) is 19.6. The van der Waals surface area contributed by atoms with Gasteiger partial charge in [-0.3, -0.25) is 19.4 Å². The first-order chi connectivity index (χ1) is 26.8. The molecular weight excluding hydrogens is 727 g/mol. The van der Waals surface area contributed by atoms with Crippen molar-refractivity contribution in [2.75, 3.05) is 19.7 Å². The zero-order valence-corrected chi connectivity index (χ0v) is 35.0. The summed E-state index contributed by atoms with van der Waals surface area (Å²) in [5, 5.41) is 0. The van der Waals surface area contributed by atoms with E-state index >= 15 is 0 Å². The number of aromatic nitrogens is 1.